The molecule has 192 valence electrons. The van der Waals surface area contributed by atoms with Crippen molar-refractivity contribution in [3.8, 4) is 11.1 Å². The van der Waals surface area contributed by atoms with Crippen LogP contribution in [0, 0.1) is 0 Å². The zero-order chi connectivity index (χ0) is 26.9. The van der Waals surface area contributed by atoms with Crippen molar-refractivity contribution in [3.05, 3.63) is 134 Å². The number of hydrazone groups is 1. The van der Waals surface area contributed by atoms with E-state index in [9.17, 15) is 9.59 Å². The van der Waals surface area contributed by atoms with Crippen LogP contribution in [0.5, 0.6) is 0 Å². The van der Waals surface area contributed by atoms with Crippen molar-refractivity contribution in [1.29, 1.82) is 0 Å². The van der Waals surface area contributed by atoms with Gasteiger partial charge in [0.25, 0.3) is 5.56 Å². The molecular weight excluding hydrogens is 578 g/mol. The average Bonchev–Trinajstić information content (AvgIpc) is 3.58. The van der Waals surface area contributed by atoms with Crippen LogP contribution in [-0.2, 0) is 0 Å². The number of amides is 1. The van der Waals surface area contributed by atoms with Gasteiger partial charge < -0.3 is 9.40 Å². The molecule has 0 fully saturated rings. The Hall–Kier alpha value is -4.20. The second-order valence-corrected chi connectivity index (χ2v) is 10.3. The van der Waals surface area contributed by atoms with Crippen molar-refractivity contribution >= 4 is 56.1 Å². The number of carbonyl (C=O) groups excluding carboxylic acids is 1. The van der Waals surface area contributed by atoms with Crippen molar-refractivity contribution in [1.82, 2.24) is 9.99 Å². The number of nitrogens with one attached hydrogen (secondary N) is 1. The van der Waals surface area contributed by atoms with Crippen LogP contribution in [0.4, 0.5) is 0 Å². The summed E-state index contributed by atoms with van der Waals surface area (Å²) in [5.74, 6) is -0.251. The van der Waals surface area contributed by atoms with Gasteiger partial charge in [-0.1, -0.05) is 84.4 Å². The lowest BCUT2D eigenvalue weighted by atomic mass is 9.92. The molecule has 5 aromatic rings. The summed E-state index contributed by atoms with van der Waals surface area (Å²) in [5.41, 5.74) is 3.92. The summed E-state index contributed by atoms with van der Waals surface area (Å²) < 4.78 is 5.99. The van der Waals surface area contributed by atoms with Crippen LogP contribution in [0.3, 0.4) is 0 Å². The molecule has 0 bridgehead atoms. The zero-order valence-corrected chi connectivity index (χ0v) is 22.8. The third-order valence-electron chi connectivity index (χ3n) is 6.59. The first-order chi connectivity index (χ1) is 19.0. The van der Waals surface area contributed by atoms with E-state index in [2.05, 4.69) is 20.9 Å². The highest BCUT2D eigenvalue weighted by Crippen LogP contribution is 2.34. The van der Waals surface area contributed by atoms with E-state index in [1.54, 1.807) is 24.3 Å². The molecule has 8 heteroatoms. The van der Waals surface area contributed by atoms with Gasteiger partial charge in [0.05, 0.1) is 17.3 Å². The van der Waals surface area contributed by atoms with E-state index in [0.29, 0.717) is 32.9 Å². The molecule has 1 aliphatic rings. The first-order valence-electron chi connectivity index (χ1n) is 12.3. The molecule has 1 aliphatic heterocycles. The number of benzene rings is 3. The van der Waals surface area contributed by atoms with E-state index < -0.39 is 11.9 Å². The largest absolute Gasteiger partial charge is 0.444 e. The number of pyridine rings is 1. The molecule has 0 radical (unpaired) electrons. The molecule has 1 amide bonds. The lowest BCUT2D eigenvalue weighted by Gasteiger charge is -2.17. The molecule has 1 N–H and O–H groups in total. The van der Waals surface area contributed by atoms with E-state index in [-0.39, 0.29) is 11.3 Å². The van der Waals surface area contributed by atoms with Gasteiger partial charge in [-0.15, -0.1) is 0 Å². The number of fused-ring (bicyclic) bond motifs is 1. The second kappa shape index (κ2) is 10.5. The van der Waals surface area contributed by atoms with Crippen molar-refractivity contribution in [2.24, 2.45) is 5.10 Å². The standard InChI is InChI=1S/C31H21BrClN3O3/c32-27-17-16-26(39-27)31(38)36-22(15-10-19-6-2-1-3-7-19)18-25(35-36)29-28(20-11-13-21(33)14-12-20)23-8-4-5-9-24(23)34-30(29)37/h1-17,22H,18H2,(H,34,37). The van der Waals surface area contributed by atoms with Gasteiger partial charge in [-0.25, -0.2) is 5.01 Å². The number of furan rings is 1. The van der Waals surface area contributed by atoms with E-state index in [1.807, 2.05) is 78.9 Å². The lowest BCUT2D eigenvalue weighted by Crippen LogP contribution is -2.31. The topological polar surface area (TPSA) is 78.7 Å². The quantitative estimate of drug-likeness (QED) is 0.227. The maximum atomic E-state index is 13.6. The van der Waals surface area contributed by atoms with Gasteiger partial charge in [-0.3, -0.25) is 9.59 Å². The highest BCUT2D eigenvalue weighted by atomic mass is 79.9. The third kappa shape index (κ3) is 4.99. The van der Waals surface area contributed by atoms with Crippen LogP contribution < -0.4 is 5.56 Å². The molecule has 1 atom stereocenters. The number of para-hydroxylation sites is 1. The minimum atomic E-state index is -0.430. The van der Waals surface area contributed by atoms with Gasteiger partial charge in [-0.05, 0) is 57.4 Å². The average molecular weight is 599 g/mol. The second-order valence-electron chi connectivity index (χ2n) is 9.10. The molecule has 3 heterocycles. The summed E-state index contributed by atoms with van der Waals surface area (Å²) >= 11 is 9.44. The predicted molar refractivity (Wildman–Crippen MR) is 158 cm³/mol. The van der Waals surface area contributed by atoms with Crippen molar-refractivity contribution in [2.45, 2.75) is 12.5 Å². The number of H-pyrrole nitrogens is 1. The number of hydrogen-bond acceptors (Lipinski definition) is 4. The summed E-state index contributed by atoms with van der Waals surface area (Å²) in [6, 6.07) is 27.6. The molecule has 39 heavy (non-hydrogen) atoms. The smallest absolute Gasteiger partial charge is 0.310 e. The van der Waals surface area contributed by atoms with E-state index in [1.165, 1.54) is 5.01 Å². The Kier molecular flexibility index (Phi) is 6.77. The molecule has 0 saturated heterocycles. The van der Waals surface area contributed by atoms with Gasteiger partial charge in [0, 0.05) is 27.9 Å². The van der Waals surface area contributed by atoms with E-state index >= 15 is 0 Å². The van der Waals surface area contributed by atoms with Crippen LogP contribution in [0.15, 0.2) is 116 Å². The van der Waals surface area contributed by atoms with Crippen molar-refractivity contribution in [2.75, 3.05) is 0 Å². The van der Waals surface area contributed by atoms with Crippen LogP contribution in [0.1, 0.15) is 28.1 Å². The van der Waals surface area contributed by atoms with Crippen LogP contribution in [-0.4, -0.2) is 27.7 Å². The van der Waals surface area contributed by atoms with Crippen molar-refractivity contribution < 1.29 is 9.21 Å². The fraction of sp³-hybridized carbons (Fsp3) is 0.0645. The molecule has 6 rings (SSSR count). The van der Waals surface area contributed by atoms with Gasteiger partial charge in [0.15, 0.2) is 10.4 Å². The Balaban J connectivity index is 1.51. The van der Waals surface area contributed by atoms with Crippen LogP contribution in [0.25, 0.3) is 28.1 Å². The first-order valence-corrected chi connectivity index (χ1v) is 13.5. The molecule has 0 aliphatic carbocycles. The fourth-order valence-corrected chi connectivity index (χ4v) is 5.22. The SMILES string of the molecule is O=C(c1ccc(Br)o1)N1N=C(c2c(-c3ccc(Cl)cc3)c3ccccc3[nH]c2=O)CC1C=Cc1ccccc1. The Morgan fingerprint density at radius 1 is 0.974 bits per heavy atom. The highest BCUT2D eigenvalue weighted by Gasteiger charge is 2.34. The number of carbonyl (C=O) groups is 1. The number of halogens is 2. The van der Waals surface area contributed by atoms with Crippen LogP contribution in [0.2, 0.25) is 5.02 Å². The lowest BCUT2D eigenvalue weighted by molar-refractivity contribution is 0.0708. The highest BCUT2D eigenvalue weighted by molar-refractivity contribution is 9.10. The van der Waals surface area contributed by atoms with Crippen molar-refractivity contribution in [3.63, 3.8) is 0 Å². The number of hydrogen-bond donors (Lipinski definition) is 1. The molecule has 1 unspecified atom stereocenters. The summed E-state index contributed by atoms with van der Waals surface area (Å²) in [6.45, 7) is 0. The van der Waals surface area contributed by atoms with Gasteiger partial charge in [-0.2, -0.15) is 5.10 Å². The number of aromatic nitrogens is 1. The molecule has 0 spiro atoms. The fourth-order valence-electron chi connectivity index (χ4n) is 4.79. The monoisotopic (exact) mass is 597 g/mol. The number of nitrogens with zero attached hydrogens (tertiary/aromatic N) is 2. The number of rotatable bonds is 5. The Morgan fingerprint density at radius 3 is 2.46 bits per heavy atom. The zero-order valence-electron chi connectivity index (χ0n) is 20.5. The van der Waals surface area contributed by atoms with Gasteiger partial charge in [0.2, 0.25) is 0 Å². The van der Waals surface area contributed by atoms with Gasteiger partial charge >= 0.3 is 5.91 Å². The van der Waals surface area contributed by atoms with E-state index in [0.717, 1.165) is 22.1 Å². The third-order valence-corrected chi connectivity index (χ3v) is 7.27. The van der Waals surface area contributed by atoms with Crippen LogP contribution >= 0.6 is 27.5 Å². The first kappa shape index (κ1) is 25.1. The normalized spacial score (nSPS) is 15.3. The summed E-state index contributed by atoms with van der Waals surface area (Å²) in [5, 5.41) is 7.59. The maximum absolute atomic E-state index is 13.6. The minimum Gasteiger partial charge on any atom is -0.444 e. The molecule has 0 saturated carbocycles. The molecule has 3 aromatic carbocycles. The predicted octanol–water partition coefficient (Wildman–Crippen LogP) is 7.54. The van der Waals surface area contributed by atoms with E-state index in [4.69, 9.17) is 21.1 Å². The molecule has 6 nitrogen and oxygen atoms in total. The Bertz CT molecular complexity index is 1810. The molecular formula is C31H21BrClN3O3. The maximum Gasteiger partial charge on any atom is 0.310 e. The summed E-state index contributed by atoms with van der Waals surface area (Å²) in [7, 11) is 0. The summed E-state index contributed by atoms with van der Waals surface area (Å²) in [6.07, 6.45) is 4.23. The minimum absolute atomic E-state index is 0.148. The van der Waals surface area contributed by atoms with Gasteiger partial charge in [0.1, 0.15) is 0 Å². The Morgan fingerprint density at radius 2 is 1.72 bits per heavy atom. The summed E-state index contributed by atoms with van der Waals surface area (Å²) in [4.78, 5) is 30.1. The number of aromatic amines is 1. The Labute approximate surface area is 237 Å². The molecule has 2 aromatic heterocycles.